The maximum atomic E-state index is 14.6. The van der Waals surface area contributed by atoms with Gasteiger partial charge in [-0.05, 0) is 60.2 Å². The van der Waals surface area contributed by atoms with Gasteiger partial charge in [0.2, 0.25) is 11.8 Å². The lowest BCUT2D eigenvalue weighted by Gasteiger charge is -2.34. The van der Waals surface area contributed by atoms with Gasteiger partial charge >= 0.3 is 0 Å². The molecule has 0 aliphatic heterocycles. The number of aryl methyl sites for hydroxylation is 2. The topological polar surface area (TPSA) is 86.8 Å². The van der Waals surface area contributed by atoms with E-state index in [1.54, 1.807) is 35.2 Å². The maximum Gasteiger partial charge on any atom is 0.264 e. The molecule has 4 aromatic carbocycles. The van der Waals surface area contributed by atoms with Crippen LogP contribution in [0.1, 0.15) is 48.9 Å². The molecule has 8 heteroatoms. The normalized spacial score (nSPS) is 11.9. The molecule has 4 aromatic rings. The Balaban J connectivity index is 1.82. The first-order valence-corrected chi connectivity index (χ1v) is 17.0. The lowest BCUT2D eigenvalue weighted by Crippen LogP contribution is -2.53. The first-order chi connectivity index (χ1) is 21.8. The SMILES string of the molecule is CCCCNC(=O)C(Cc1ccccc1)N(Cc1ccccc1C)C(=O)CN(c1ccccc1CC)S(=O)(=O)c1ccccc1. The summed E-state index contributed by atoms with van der Waals surface area (Å²) >= 11 is 0. The van der Waals surface area contributed by atoms with Gasteiger partial charge in [0.25, 0.3) is 10.0 Å². The molecule has 2 amide bonds. The van der Waals surface area contributed by atoms with Crippen LogP contribution in [0.3, 0.4) is 0 Å². The summed E-state index contributed by atoms with van der Waals surface area (Å²) in [5, 5.41) is 3.03. The maximum absolute atomic E-state index is 14.6. The highest BCUT2D eigenvalue weighted by atomic mass is 32.2. The number of benzene rings is 4. The number of carbonyl (C=O) groups is 2. The van der Waals surface area contributed by atoms with Crippen molar-refractivity contribution in [1.82, 2.24) is 10.2 Å². The molecule has 0 radical (unpaired) electrons. The zero-order chi connectivity index (χ0) is 32.2. The number of anilines is 1. The van der Waals surface area contributed by atoms with Crippen LogP contribution in [0.5, 0.6) is 0 Å². The number of rotatable bonds is 15. The van der Waals surface area contributed by atoms with Gasteiger partial charge in [0.1, 0.15) is 12.6 Å². The Labute approximate surface area is 268 Å². The van der Waals surface area contributed by atoms with Crippen molar-refractivity contribution in [3.05, 3.63) is 131 Å². The molecular formula is C37H43N3O4S. The molecule has 0 saturated heterocycles. The molecule has 45 heavy (non-hydrogen) atoms. The number of sulfonamides is 1. The van der Waals surface area contributed by atoms with Crippen LogP contribution in [0.25, 0.3) is 0 Å². The van der Waals surface area contributed by atoms with E-state index in [1.165, 1.54) is 16.4 Å². The molecule has 1 atom stereocenters. The summed E-state index contributed by atoms with van der Waals surface area (Å²) in [5.74, 6) is -0.726. The third kappa shape index (κ3) is 8.60. The van der Waals surface area contributed by atoms with Gasteiger partial charge in [-0.1, -0.05) is 111 Å². The number of nitrogens with zero attached hydrogens (tertiary/aromatic N) is 2. The third-order valence-electron chi connectivity index (χ3n) is 7.95. The first-order valence-electron chi connectivity index (χ1n) is 15.6. The number of unbranched alkanes of at least 4 members (excludes halogenated alkanes) is 1. The molecule has 236 valence electrons. The number of amides is 2. The van der Waals surface area contributed by atoms with Crippen molar-refractivity contribution in [2.45, 2.75) is 63.9 Å². The van der Waals surface area contributed by atoms with E-state index in [4.69, 9.17) is 0 Å². The van der Waals surface area contributed by atoms with Crippen molar-refractivity contribution in [3.8, 4) is 0 Å². The third-order valence-corrected chi connectivity index (χ3v) is 9.73. The summed E-state index contributed by atoms with van der Waals surface area (Å²) < 4.78 is 29.6. The average molecular weight is 626 g/mol. The summed E-state index contributed by atoms with van der Waals surface area (Å²) in [5.41, 5.74) is 4.01. The summed E-state index contributed by atoms with van der Waals surface area (Å²) in [4.78, 5) is 30.2. The smallest absolute Gasteiger partial charge is 0.264 e. The van der Waals surface area contributed by atoms with Gasteiger partial charge in [0.05, 0.1) is 10.6 Å². The van der Waals surface area contributed by atoms with E-state index in [-0.39, 0.29) is 23.8 Å². The molecule has 0 aliphatic carbocycles. The van der Waals surface area contributed by atoms with Crippen molar-refractivity contribution in [3.63, 3.8) is 0 Å². The largest absolute Gasteiger partial charge is 0.354 e. The molecule has 0 bridgehead atoms. The second-order valence-electron chi connectivity index (χ2n) is 11.1. The second kappa shape index (κ2) is 16.0. The van der Waals surface area contributed by atoms with Gasteiger partial charge in [-0.2, -0.15) is 0 Å². The molecule has 0 aromatic heterocycles. The zero-order valence-electron chi connectivity index (χ0n) is 26.4. The molecule has 0 aliphatic rings. The standard InChI is InChI=1S/C37H43N3O4S/c1-4-6-25-38-37(42)35(26-30-18-9-7-10-19-30)39(27-32-21-14-13-17-29(32)3)36(41)28-40(34-24-16-15-20-31(34)5-2)45(43,44)33-22-11-8-12-23-33/h7-24,35H,4-6,25-28H2,1-3H3,(H,38,42). The Hall–Kier alpha value is -4.43. The molecule has 4 rings (SSSR count). The average Bonchev–Trinajstić information content (AvgIpc) is 3.06. The van der Waals surface area contributed by atoms with E-state index in [9.17, 15) is 18.0 Å². The van der Waals surface area contributed by atoms with Gasteiger partial charge in [0, 0.05) is 19.5 Å². The Bertz CT molecular complexity index is 1660. The number of carbonyl (C=O) groups excluding carboxylic acids is 2. The van der Waals surface area contributed by atoms with Crippen LogP contribution in [-0.2, 0) is 39.0 Å². The zero-order valence-corrected chi connectivity index (χ0v) is 27.2. The van der Waals surface area contributed by atoms with Crippen LogP contribution in [0.2, 0.25) is 0 Å². The Kier molecular flexibility index (Phi) is 11.9. The monoisotopic (exact) mass is 625 g/mol. The molecule has 1 N–H and O–H groups in total. The number of hydrogen-bond donors (Lipinski definition) is 1. The van der Waals surface area contributed by atoms with Gasteiger partial charge in [0.15, 0.2) is 0 Å². The summed E-state index contributed by atoms with van der Waals surface area (Å²) in [6.07, 6.45) is 2.59. The lowest BCUT2D eigenvalue weighted by atomic mass is 10.0. The molecule has 0 fully saturated rings. The quantitative estimate of drug-likeness (QED) is 0.157. The van der Waals surface area contributed by atoms with E-state index >= 15 is 0 Å². The highest BCUT2D eigenvalue weighted by Gasteiger charge is 2.35. The van der Waals surface area contributed by atoms with E-state index in [0.717, 1.165) is 35.1 Å². The highest BCUT2D eigenvalue weighted by molar-refractivity contribution is 7.92. The van der Waals surface area contributed by atoms with Crippen molar-refractivity contribution in [2.24, 2.45) is 0 Å². The minimum atomic E-state index is -4.13. The Morgan fingerprint density at radius 3 is 2.02 bits per heavy atom. The highest BCUT2D eigenvalue weighted by Crippen LogP contribution is 2.28. The van der Waals surface area contributed by atoms with Crippen LogP contribution in [0.4, 0.5) is 5.69 Å². The van der Waals surface area contributed by atoms with Gasteiger partial charge < -0.3 is 10.2 Å². The van der Waals surface area contributed by atoms with Crippen molar-refractivity contribution in [2.75, 3.05) is 17.4 Å². The fraction of sp³-hybridized carbons (Fsp3) is 0.297. The van der Waals surface area contributed by atoms with Crippen LogP contribution in [-0.4, -0.2) is 44.3 Å². The van der Waals surface area contributed by atoms with Crippen LogP contribution >= 0.6 is 0 Å². The minimum absolute atomic E-state index is 0.0901. The predicted molar refractivity (Wildman–Crippen MR) is 180 cm³/mol. The summed E-state index contributed by atoms with van der Waals surface area (Å²) in [7, 11) is -4.13. The van der Waals surface area contributed by atoms with Crippen molar-refractivity contribution in [1.29, 1.82) is 0 Å². The van der Waals surface area contributed by atoms with Gasteiger partial charge in [-0.3, -0.25) is 13.9 Å². The minimum Gasteiger partial charge on any atom is -0.354 e. The molecule has 0 heterocycles. The van der Waals surface area contributed by atoms with Crippen LogP contribution in [0.15, 0.2) is 114 Å². The Morgan fingerprint density at radius 2 is 1.38 bits per heavy atom. The van der Waals surface area contributed by atoms with Crippen molar-refractivity contribution < 1.29 is 18.0 Å². The fourth-order valence-electron chi connectivity index (χ4n) is 5.32. The molecular weight excluding hydrogens is 582 g/mol. The van der Waals surface area contributed by atoms with E-state index in [0.29, 0.717) is 18.7 Å². The molecule has 7 nitrogen and oxygen atoms in total. The number of para-hydroxylation sites is 1. The van der Waals surface area contributed by atoms with Gasteiger partial charge in [-0.25, -0.2) is 8.42 Å². The summed E-state index contributed by atoms with van der Waals surface area (Å²) in [6.45, 7) is 6.15. The van der Waals surface area contributed by atoms with Crippen LogP contribution in [0, 0.1) is 6.92 Å². The summed E-state index contributed by atoms with van der Waals surface area (Å²) in [6, 6.07) is 31.9. The first kappa shape index (κ1) is 33.5. The van der Waals surface area contributed by atoms with Gasteiger partial charge in [-0.15, -0.1) is 0 Å². The number of nitrogens with one attached hydrogen (secondary N) is 1. The predicted octanol–water partition coefficient (Wildman–Crippen LogP) is 6.31. The molecule has 0 spiro atoms. The lowest BCUT2D eigenvalue weighted by molar-refractivity contribution is -0.140. The van der Waals surface area contributed by atoms with E-state index in [2.05, 4.69) is 12.2 Å². The van der Waals surface area contributed by atoms with Crippen LogP contribution < -0.4 is 9.62 Å². The van der Waals surface area contributed by atoms with E-state index in [1.807, 2.05) is 80.6 Å². The Morgan fingerprint density at radius 1 is 0.778 bits per heavy atom. The second-order valence-corrected chi connectivity index (χ2v) is 13.0. The fourth-order valence-corrected chi connectivity index (χ4v) is 6.79. The molecule has 0 saturated carbocycles. The van der Waals surface area contributed by atoms with E-state index < -0.39 is 28.5 Å². The number of hydrogen-bond acceptors (Lipinski definition) is 4. The molecule has 1 unspecified atom stereocenters. The van der Waals surface area contributed by atoms with Crippen molar-refractivity contribution >= 4 is 27.5 Å².